The molecule has 0 heterocycles. The van der Waals surface area contributed by atoms with Crippen molar-refractivity contribution in [2.45, 2.75) is 65.8 Å². The van der Waals surface area contributed by atoms with Gasteiger partial charge in [0.25, 0.3) is 23.6 Å². The lowest BCUT2D eigenvalue weighted by atomic mass is 10.1. The van der Waals surface area contributed by atoms with Crippen molar-refractivity contribution in [1.82, 2.24) is 15.2 Å². The Kier molecular flexibility index (Phi) is 20.0. The molecule has 63 heavy (non-hydrogen) atoms. The van der Waals surface area contributed by atoms with Gasteiger partial charge in [-0.05, 0) is 89.1 Å². The highest BCUT2D eigenvalue weighted by atomic mass is 16.5. The molecule has 4 aromatic rings. The molecule has 18 heteroatoms. The van der Waals surface area contributed by atoms with Crippen LogP contribution in [0.15, 0.2) is 84.9 Å². The second-order valence-electron chi connectivity index (χ2n) is 14.1. The Labute approximate surface area is 366 Å². The maximum atomic E-state index is 12.8. The molecule has 0 aliphatic carbocycles. The summed E-state index contributed by atoms with van der Waals surface area (Å²) in [6, 6.07) is 29.3. The Balaban J connectivity index is 0.000000359. The van der Waals surface area contributed by atoms with E-state index in [2.05, 4.69) is 5.32 Å². The van der Waals surface area contributed by atoms with E-state index in [1.165, 1.54) is 54.0 Å². The molecule has 18 nitrogen and oxygen atoms in total. The predicted molar refractivity (Wildman–Crippen MR) is 227 cm³/mol. The van der Waals surface area contributed by atoms with Crippen molar-refractivity contribution in [3.05, 3.63) is 113 Å². The van der Waals surface area contributed by atoms with E-state index >= 15 is 0 Å². The number of ether oxygens (including phenoxy) is 4. The van der Waals surface area contributed by atoms with Gasteiger partial charge in [0.05, 0.1) is 16.7 Å². The number of rotatable bonds is 14. The van der Waals surface area contributed by atoms with Crippen molar-refractivity contribution >= 4 is 29.3 Å². The summed E-state index contributed by atoms with van der Waals surface area (Å²) in [5, 5.41) is 58.1. The largest absolute Gasteiger partial charge is 0.482 e. The average Bonchev–Trinajstić information content (AvgIpc) is 3.25. The molecule has 2 atom stereocenters. The molecular weight excluding hydrogens is 815 g/mol. The van der Waals surface area contributed by atoms with Crippen LogP contribution in [0.3, 0.4) is 0 Å². The number of nitrogens with zero attached hydrogens (tertiary/aromatic N) is 6. The quantitative estimate of drug-likeness (QED) is 0.0846. The molecule has 0 saturated heterocycles. The number of hydroxylamine groups is 6. The maximum Gasteiger partial charge on any atom is 0.289 e. The lowest BCUT2D eigenvalue weighted by molar-refractivity contribution is -0.174. The number of carbonyl (C=O) groups is 4. The van der Waals surface area contributed by atoms with Gasteiger partial charge < -0.3 is 24.3 Å². The van der Waals surface area contributed by atoms with Crippen molar-refractivity contribution in [1.29, 1.82) is 15.8 Å². The molecule has 0 bridgehead atoms. The zero-order valence-electron chi connectivity index (χ0n) is 36.4. The van der Waals surface area contributed by atoms with Gasteiger partial charge in [-0.1, -0.05) is 48.9 Å². The minimum Gasteiger partial charge on any atom is -0.482 e. The first-order valence-electron chi connectivity index (χ1n) is 19.1. The number of aryl methyl sites for hydroxylation is 2. The van der Waals surface area contributed by atoms with E-state index in [0.29, 0.717) is 55.7 Å². The second kappa shape index (κ2) is 24.5. The predicted octanol–water partition coefficient (Wildman–Crippen LogP) is 5.93. The van der Waals surface area contributed by atoms with Gasteiger partial charge in [0.15, 0.2) is 24.4 Å². The van der Waals surface area contributed by atoms with Gasteiger partial charge in [-0.3, -0.25) is 34.8 Å². The zero-order chi connectivity index (χ0) is 47.4. The van der Waals surface area contributed by atoms with E-state index in [1.807, 2.05) is 57.2 Å². The molecule has 0 fully saturated rings. The molecule has 2 unspecified atom stereocenters. The van der Waals surface area contributed by atoms with Crippen molar-refractivity contribution < 1.29 is 53.7 Å². The molecule has 0 spiro atoms. The Morgan fingerprint density at radius 3 is 1.79 bits per heavy atom. The number of nitrogens with one attached hydrogen (secondary N) is 1. The number of nitriles is 3. The number of carbonyl (C=O) groups excluding carboxylic acids is 4. The normalized spacial score (nSPS) is 11.1. The SMILES string of the molecule is CCC(Oc1ccc(C)cc1C)C(=O)Nc1ccc(C#N)c(OC(C)C(=O)N(C)O)c1.CN(O)C(=O)C(C)(C)Oc1ccccc1C#N.CN(O)C(=O)COc1ccccc1C#N. The van der Waals surface area contributed by atoms with E-state index in [4.69, 9.17) is 39.9 Å². The van der Waals surface area contributed by atoms with Gasteiger partial charge >= 0.3 is 0 Å². The van der Waals surface area contributed by atoms with Gasteiger partial charge in [0.2, 0.25) is 0 Å². The van der Waals surface area contributed by atoms with Crippen LogP contribution < -0.4 is 24.3 Å². The minimum absolute atomic E-state index is 0.117. The summed E-state index contributed by atoms with van der Waals surface area (Å²) in [5.41, 5.74) is 2.08. The molecule has 4 N–H and O–H groups in total. The molecule has 4 amide bonds. The molecule has 4 aromatic carbocycles. The molecule has 0 aromatic heterocycles. The monoisotopic (exact) mass is 865 g/mol. The standard InChI is InChI=1S/C23H27N3O5.C12H14N2O3.C10H10N2O3/c1-6-19(31-20-10-7-14(2)11-15(20)3)22(27)25-18-9-8-17(13-24)21(12-18)30-16(4)23(28)26(5)29;1-12(2,11(15)14(3)16)17-10-7-5-4-6-9(10)8-13;1-12(14)10(13)7-15-9-5-3-2-4-8(9)6-11/h7-12,16,19,29H,6H2,1-5H3,(H,25,27);4-7,16H,1-3H3;2-5,14H,7H2,1H3. The lowest BCUT2D eigenvalue weighted by Gasteiger charge is -2.27. The molecule has 0 aliphatic heterocycles. The van der Waals surface area contributed by atoms with Crippen LogP contribution in [0, 0.1) is 47.8 Å². The number of para-hydroxylation sites is 2. The van der Waals surface area contributed by atoms with Crippen LogP contribution in [0.1, 0.15) is 61.9 Å². The van der Waals surface area contributed by atoms with Crippen molar-refractivity contribution in [2.75, 3.05) is 33.1 Å². The van der Waals surface area contributed by atoms with Crippen LogP contribution in [-0.2, 0) is 19.2 Å². The summed E-state index contributed by atoms with van der Waals surface area (Å²) in [4.78, 5) is 47.2. The van der Waals surface area contributed by atoms with Crippen molar-refractivity contribution in [3.63, 3.8) is 0 Å². The summed E-state index contributed by atoms with van der Waals surface area (Å²) in [6.07, 6.45) is -1.29. The third-order valence-corrected chi connectivity index (χ3v) is 8.50. The van der Waals surface area contributed by atoms with Gasteiger partial charge in [0.1, 0.15) is 41.2 Å². The Morgan fingerprint density at radius 1 is 0.714 bits per heavy atom. The Bertz CT molecular complexity index is 2340. The fourth-order valence-electron chi connectivity index (χ4n) is 5.20. The van der Waals surface area contributed by atoms with Crippen molar-refractivity contribution in [2.24, 2.45) is 0 Å². The van der Waals surface area contributed by atoms with Crippen LogP contribution in [0.2, 0.25) is 0 Å². The molecule has 0 aliphatic rings. The summed E-state index contributed by atoms with van der Waals surface area (Å²) in [5.74, 6) is -0.801. The zero-order valence-corrected chi connectivity index (χ0v) is 36.4. The summed E-state index contributed by atoms with van der Waals surface area (Å²) in [6.45, 7) is 9.95. The number of amides is 4. The topological polar surface area (TPSA) is 259 Å². The Morgan fingerprint density at radius 2 is 1.27 bits per heavy atom. The fourth-order valence-corrected chi connectivity index (χ4v) is 5.20. The van der Waals surface area contributed by atoms with Crippen LogP contribution in [0.5, 0.6) is 23.0 Å². The fraction of sp³-hybridized carbons (Fsp3) is 0.311. The lowest BCUT2D eigenvalue weighted by Crippen LogP contribution is -2.46. The highest BCUT2D eigenvalue weighted by Gasteiger charge is 2.33. The number of benzene rings is 4. The highest BCUT2D eigenvalue weighted by Crippen LogP contribution is 2.27. The van der Waals surface area contributed by atoms with Gasteiger partial charge in [-0.15, -0.1) is 0 Å². The third kappa shape index (κ3) is 16.0. The van der Waals surface area contributed by atoms with E-state index in [0.717, 1.165) is 11.1 Å². The van der Waals surface area contributed by atoms with Crippen LogP contribution in [0.4, 0.5) is 5.69 Å². The number of anilines is 1. The van der Waals surface area contributed by atoms with Gasteiger partial charge in [-0.2, -0.15) is 15.8 Å². The second-order valence-corrected chi connectivity index (χ2v) is 14.1. The molecule has 4 rings (SSSR count). The Hall–Kier alpha value is -7.69. The van der Waals surface area contributed by atoms with Crippen LogP contribution in [-0.4, -0.2) is 100.0 Å². The highest BCUT2D eigenvalue weighted by molar-refractivity contribution is 5.94. The number of hydrogen-bond acceptors (Lipinski definition) is 14. The average molecular weight is 866 g/mol. The van der Waals surface area contributed by atoms with E-state index in [-0.39, 0.29) is 23.8 Å². The van der Waals surface area contributed by atoms with Crippen LogP contribution in [0.25, 0.3) is 0 Å². The van der Waals surface area contributed by atoms with E-state index in [9.17, 15) is 29.6 Å². The first-order valence-corrected chi connectivity index (χ1v) is 19.1. The summed E-state index contributed by atoms with van der Waals surface area (Å²) >= 11 is 0. The first kappa shape index (κ1) is 51.5. The molecule has 0 saturated carbocycles. The number of likely N-dealkylation sites (N-methyl/N-ethyl adjacent to an activating group) is 3. The van der Waals surface area contributed by atoms with Gasteiger partial charge in [0, 0.05) is 32.9 Å². The summed E-state index contributed by atoms with van der Waals surface area (Å²) < 4.78 is 22.0. The number of hydrogen-bond donors (Lipinski definition) is 4. The van der Waals surface area contributed by atoms with E-state index in [1.54, 1.807) is 54.6 Å². The first-order chi connectivity index (χ1) is 29.7. The molecular formula is C45H51N7O11. The van der Waals surface area contributed by atoms with Crippen LogP contribution >= 0.6 is 0 Å². The van der Waals surface area contributed by atoms with Crippen molar-refractivity contribution in [3.8, 4) is 41.2 Å². The third-order valence-electron chi connectivity index (χ3n) is 8.50. The molecule has 332 valence electrons. The smallest absolute Gasteiger partial charge is 0.289 e. The van der Waals surface area contributed by atoms with Gasteiger partial charge in [-0.25, -0.2) is 15.2 Å². The maximum absolute atomic E-state index is 12.8. The molecule has 0 radical (unpaired) electrons. The summed E-state index contributed by atoms with van der Waals surface area (Å²) in [7, 11) is 3.62. The van der Waals surface area contributed by atoms with E-state index < -0.39 is 35.5 Å². The minimum atomic E-state index is -1.24.